The molecule has 0 aromatic heterocycles. The minimum atomic E-state index is -0.877. The molecule has 1 aliphatic heterocycles. The van der Waals surface area contributed by atoms with Crippen LogP contribution in [0.4, 0.5) is 5.69 Å². The van der Waals surface area contributed by atoms with Gasteiger partial charge in [0.2, 0.25) is 0 Å². The van der Waals surface area contributed by atoms with Crippen molar-refractivity contribution in [3.63, 3.8) is 0 Å². The molecule has 0 spiro atoms. The van der Waals surface area contributed by atoms with Gasteiger partial charge in [-0.15, -0.1) is 0 Å². The Labute approximate surface area is 184 Å². The zero-order valence-electron chi connectivity index (χ0n) is 17.6. The van der Waals surface area contributed by atoms with Crippen LogP contribution in [0.3, 0.4) is 0 Å². The van der Waals surface area contributed by atoms with Crippen molar-refractivity contribution in [3.05, 3.63) is 80.9 Å². The molecule has 32 heavy (non-hydrogen) atoms. The number of nitro groups is 1. The number of nitrogens with zero attached hydrogens (tertiary/aromatic N) is 2. The van der Waals surface area contributed by atoms with Crippen LogP contribution < -0.4 is 0 Å². The second-order valence-electron chi connectivity index (χ2n) is 7.23. The smallest absolute Gasteiger partial charge is 0.295 e. The first-order chi connectivity index (χ1) is 15.4. The lowest BCUT2D eigenvalue weighted by Crippen LogP contribution is -2.33. The monoisotopic (exact) mass is 440 g/mol. The van der Waals surface area contributed by atoms with Crippen molar-refractivity contribution in [2.75, 3.05) is 26.4 Å². The maximum Gasteiger partial charge on any atom is 0.295 e. The Morgan fingerprint density at radius 1 is 1.16 bits per heavy atom. The van der Waals surface area contributed by atoms with E-state index in [1.165, 1.54) is 23.1 Å². The van der Waals surface area contributed by atoms with Crippen LogP contribution in [0.5, 0.6) is 0 Å². The van der Waals surface area contributed by atoms with E-state index in [2.05, 4.69) is 0 Å². The Bertz CT molecular complexity index is 1050. The second kappa shape index (κ2) is 10.2. The minimum absolute atomic E-state index is 0.0660. The Balaban J connectivity index is 2.09. The molecule has 0 aliphatic carbocycles. The van der Waals surface area contributed by atoms with E-state index in [0.717, 1.165) is 18.1 Å². The zero-order chi connectivity index (χ0) is 23.3. The molecule has 1 atom stereocenters. The highest BCUT2D eigenvalue weighted by Crippen LogP contribution is 2.39. The maximum absolute atomic E-state index is 12.9. The molecule has 1 amide bonds. The molecule has 1 heterocycles. The lowest BCUT2D eigenvalue weighted by molar-refractivity contribution is -0.384. The molecule has 3 rings (SSSR count). The van der Waals surface area contributed by atoms with Crippen molar-refractivity contribution in [1.29, 1.82) is 0 Å². The number of carbonyl (C=O) groups is 2. The molecule has 9 heteroatoms. The molecule has 1 fully saturated rings. The van der Waals surface area contributed by atoms with Crippen LogP contribution >= 0.6 is 0 Å². The van der Waals surface area contributed by atoms with Crippen molar-refractivity contribution in [1.82, 2.24) is 4.90 Å². The van der Waals surface area contributed by atoms with Gasteiger partial charge in [0.25, 0.3) is 17.4 Å². The van der Waals surface area contributed by atoms with E-state index in [0.29, 0.717) is 5.56 Å². The van der Waals surface area contributed by atoms with E-state index in [1.54, 1.807) is 12.1 Å². The largest absolute Gasteiger partial charge is 0.507 e. The summed E-state index contributed by atoms with van der Waals surface area (Å²) in [5, 5.41) is 31.0. The van der Waals surface area contributed by atoms with Crippen LogP contribution in [0.1, 0.15) is 29.7 Å². The average molecular weight is 440 g/mol. The quantitative estimate of drug-likeness (QED) is 0.153. The summed E-state index contributed by atoms with van der Waals surface area (Å²) < 4.78 is 5.26. The summed E-state index contributed by atoms with van der Waals surface area (Å²) in [6.45, 7) is 2.08. The van der Waals surface area contributed by atoms with Crippen LogP contribution in [0.15, 0.2) is 54.1 Å². The summed E-state index contributed by atoms with van der Waals surface area (Å²) in [7, 11) is 0. The first-order valence-electron chi connectivity index (χ1n) is 10.2. The van der Waals surface area contributed by atoms with Gasteiger partial charge in [-0.3, -0.25) is 19.7 Å². The Morgan fingerprint density at radius 3 is 2.50 bits per heavy atom. The lowest BCUT2D eigenvalue weighted by atomic mass is 9.94. The van der Waals surface area contributed by atoms with Crippen molar-refractivity contribution < 1.29 is 29.5 Å². The Morgan fingerprint density at radius 2 is 1.88 bits per heavy atom. The summed E-state index contributed by atoms with van der Waals surface area (Å²) in [5.74, 6) is -2.15. The third-order valence-electron chi connectivity index (χ3n) is 5.29. The number of hydrogen-bond donors (Lipinski definition) is 2. The fourth-order valence-electron chi connectivity index (χ4n) is 3.64. The number of carbonyl (C=O) groups excluding carboxylic acids is 2. The average Bonchev–Trinajstić information content (AvgIpc) is 3.06. The number of aliphatic hydroxyl groups is 2. The Hall–Kier alpha value is -3.56. The van der Waals surface area contributed by atoms with Gasteiger partial charge >= 0.3 is 0 Å². The van der Waals surface area contributed by atoms with Crippen molar-refractivity contribution in [3.8, 4) is 0 Å². The van der Waals surface area contributed by atoms with Crippen LogP contribution in [-0.4, -0.2) is 58.1 Å². The fraction of sp³-hybridized carbons (Fsp3) is 0.304. The van der Waals surface area contributed by atoms with Crippen molar-refractivity contribution in [2.45, 2.75) is 19.4 Å². The number of Topliss-reactive ketones (excluding diaryl/α,β-unsaturated/α-hetero) is 1. The standard InChI is InChI=1S/C23H24N2O7/c1-2-15-6-8-16(9-7-15)20-19(21(27)17-4-3-5-18(14-17)25(30)31)22(28)23(29)24(20)10-12-32-13-11-26/h3-9,14,20,26-27H,2,10-13H2,1H3/t20-/m0/s1. The number of nitro benzene ring substituents is 1. The van der Waals surface area contributed by atoms with Crippen LogP contribution in [0.2, 0.25) is 0 Å². The highest BCUT2D eigenvalue weighted by Gasteiger charge is 2.45. The zero-order valence-corrected chi connectivity index (χ0v) is 17.6. The summed E-state index contributed by atoms with van der Waals surface area (Å²) in [5.41, 5.74) is 1.38. The summed E-state index contributed by atoms with van der Waals surface area (Å²) in [6.07, 6.45) is 0.809. The predicted octanol–water partition coefficient (Wildman–Crippen LogP) is 2.59. The predicted molar refractivity (Wildman–Crippen MR) is 116 cm³/mol. The van der Waals surface area contributed by atoms with E-state index >= 15 is 0 Å². The number of likely N-dealkylation sites (tertiary alicyclic amines) is 1. The first-order valence-corrected chi connectivity index (χ1v) is 10.2. The molecule has 2 N–H and O–H groups in total. The molecule has 0 bridgehead atoms. The maximum atomic E-state index is 12.9. The number of ketones is 1. The molecule has 9 nitrogen and oxygen atoms in total. The third kappa shape index (κ3) is 4.68. The summed E-state index contributed by atoms with van der Waals surface area (Å²) in [6, 6.07) is 11.7. The summed E-state index contributed by atoms with van der Waals surface area (Å²) >= 11 is 0. The highest BCUT2D eigenvalue weighted by atomic mass is 16.6. The number of hydrogen-bond acceptors (Lipinski definition) is 7. The molecule has 2 aromatic carbocycles. The van der Waals surface area contributed by atoms with Gasteiger partial charge in [-0.1, -0.05) is 43.3 Å². The van der Waals surface area contributed by atoms with Gasteiger partial charge in [0, 0.05) is 24.2 Å². The first kappa shape index (κ1) is 23.1. The number of rotatable bonds is 9. The van der Waals surface area contributed by atoms with Crippen molar-refractivity contribution in [2.24, 2.45) is 0 Å². The molecule has 0 saturated carbocycles. The van der Waals surface area contributed by atoms with E-state index < -0.39 is 28.4 Å². The second-order valence-corrected chi connectivity index (χ2v) is 7.23. The Kier molecular flexibility index (Phi) is 7.34. The van der Waals surface area contributed by atoms with Crippen molar-refractivity contribution >= 4 is 23.1 Å². The lowest BCUT2D eigenvalue weighted by Gasteiger charge is -2.25. The van der Waals surface area contributed by atoms with Gasteiger partial charge < -0.3 is 19.8 Å². The van der Waals surface area contributed by atoms with Crippen LogP contribution in [0.25, 0.3) is 5.76 Å². The SMILES string of the molecule is CCc1ccc([C@H]2C(=C(O)c3cccc([N+](=O)[O-])c3)C(=O)C(=O)N2CCOCCO)cc1. The summed E-state index contributed by atoms with van der Waals surface area (Å²) in [4.78, 5) is 37.6. The van der Waals surface area contributed by atoms with E-state index in [1.807, 2.05) is 19.1 Å². The minimum Gasteiger partial charge on any atom is -0.507 e. The molecular formula is C23H24N2O7. The molecule has 1 aliphatic rings. The molecule has 0 radical (unpaired) electrons. The van der Waals surface area contributed by atoms with Gasteiger partial charge in [-0.05, 0) is 17.5 Å². The number of benzene rings is 2. The van der Waals surface area contributed by atoms with E-state index in [-0.39, 0.29) is 43.2 Å². The van der Waals surface area contributed by atoms with Gasteiger partial charge in [0.1, 0.15) is 5.76 Å². The van der Waals surface area contributed by atoms with Gasteiger partial charge in [-0.2, -0.15) is 0 Å². The van der Waals surface area contributed by atoms with Gasteiger partial charge in [-0.25, -0.2) is 0 Å². The number of non-ortho nitro benzene ring substituents is 1. The molecule has 2 aromatic rings. The highest BCUT2D eigenvalue weighted by molar-refractivity contribution is 6.46. The number of amides is 1. The van der Waals surface area contributed by atoms with Crippen LogP contribution in [0, 0.1) is 10.1 Å². The van der Waals surface area contributed by atoms with Gasteiger partial charge in [0.05, 0.1) is 36.4 Å². The third-order valence-corrected chi connectivity index (χ3v) is 5.29. The van der Waals surface area contributed by atoms with Gasteiger partial charge in [0.15, 0.2) is 0 Å². The van der Waals surface area contributed by atoms with E-state index in [4.69, 9.17) is 9.84 Å². The molecular weight excluding hydrogens is 416 g/mol. The number of aliphatic hydroxyl groups excluding tert-OH is 2. The molecule has 0 unspecified atom stereocenters. The van der Waals surface area contributed by atoms with E-state index in [9.17, 15) is 24.8 Å². The van der Waals surface area contributed by atoms with Crippen LogP contribution in [-0.2, 0) is 20.7 Å². The molecule has 1 saturated heterocycles. The number of ether oxygens (including phenoxy) is 1. The fourth-order valence-corrected chi connectivity index (χ4v) is 3.64. The topological polar surface area (TPSA) is 130 Å². The molecule has 168 valence electrons. The number of aryl methyl sites for hydroxylation is 1. The normalized spacial score (nSPS) is 17.7.